The Morgan fingerprint density at radius 2 is 1.92 bits per heavy atom. The van der Waals surface area contributed by atoms with E-state index in [-0.39, 0.29) is 0 Å². The van der Waals surface area contributed by atoms with Crippen LogP contribution in [0, 0.1) is 6.08 Å². The van der Waals surface area contributed by atoms with Crippen LogP contribution in [0.3, 0.4) is 0 Å². The molecule has 5 heteroatoms. The first-order valence-corrected chi connectivity index (χ1v) is 19.5. The van der Waals surface area contributed by atoms with Crippen LogP contribution in [0.25, 0.3) is 0 Å². The Kier molecular flexibility index (Phi) is 3.41. The average Bonchev–Trinajstić information content (AvgIpc) is 2.32. The van der Waals surface area contributed by atoms with Crippen molar-refractivity contribution in [1.82, 2.24) is 0 Å². The zero-order chi connectivity index (χ0) is 9.43. The summed E-state index contributed by atoms with van der Waals surface area (Å²) in [5.74, 6) is 0. The maximum absolute atomic E-state index is 5.93. The average molecular weight is 419 g/mol. The molecule has 0 unspecified atom stereocenters. The fraction of sp³-hybridized carbons (Fsp3) is 0.571. The predicted molar refractivity (Wildman–Crippen MR) is 54.7 cm³/mol. The summed E-state index contributed by atoms with van der Waals surface area (Å²) in [7, 11) is 19.3. The SMILES string of the molecule is C[C](C1=[C-]CCC1)=[W]([Cl])([Cl])([Cl])[Cl]. The molecule has 1 aliphatic carbocycles. The molecule has 0 aromatic heterocycles. The summed E-state index contributed by atoms with van der Waals surface area (Å²) in [6, 6.07) is 0. The summed E-state index contributed by atoms with van der Waals surface area (Å²) >= 11 is 0. The molecule has 0 aromatic rings. The van der Waals surface area contributed by atoms with E-state index in [2.05, 4.69) is 6.08 Å². The van der Waals surface area contributed by atoms with E-state index in [0.717, 1.165) is 28.7 Å². The van der Waals surface area contributed by atoms with Gasteiger partial charge in [0.15, 0.2) is 0 Å². The van der Waals surface area contributed by atoms with Gasteiger partial charge in [-0.25, -0.2) is 0 Å². The van der Waals surface area contributed by atoms with E-state index in [1.165, 1.54) is 0 Å². The third kappa shape index (κ3) is 2.99. The monoisotopic (exact) mass is 417 g/mol. The quantitative estimate of drug-likeness (QED) is 0.554. The van der Waals surface area contributed by atoms with Gasteiger partial charge < -0.3 is 0 Å². The summed E-state index contributed by atoms with van der Waals surface area (Å²) in [5, 5.41) is 0. The van der Waals surface area contributed by atoms with E-state index in [0.29, 0.717) is 0 Å². The Labute approximate surface area is 88.9 Å². The molecule has 0 radical (unpaired) electrons. The number of hydrogen-bond acceptors (Lipinski definition) is 0. The first-order chi connectivity index (χ1) is 5.27. The molecule has 1 aliphatic rings. The summed E-state index contributed by atoms with van der Waals surface area (Å²) in [5.41, 5.74) is 1.04. The van der Waals surface area contributed by atoms with Crippen molar-refractivity contribution in [2.45, 2.75) is 26.2 Å². The number of halogens is 4. The van der Waals surface area contributed by atoms with Crippen LogP contribution in [0.5, 0.6) is 0 Å². The topological polar surface area (TPSA) is 0 Å². The Morgan fingerprint density at radius 3 is 2.25 bits per heavy atom. The van der Waals surface area contributed by atoms with Gasteiger partial charge in [0.05, 0.1) is 0 Å². The minimum absolute atomic E-state index is 0.777. The van der Waals surface area contributed by atoms with Gasteiger partial charge in [0.1, 0.15) is 0 Å². The first kappa shape index (κ1) is 11.5. The Hall–Kier alpha value is 1.46. The van der Waals surface area contributed by atoms with Crippen molar-refractivity contribution >= 4 is 41.6 Å². The number of hydrogen-bond donors (Lipinski definition) is 0. The molecule has 0 aliphatic heterocycles. The van der Waals surface area contributed by atoms with Crippen molar-refractivity contribution < 1.29 is 10.2 Å². The molecule has 0 amide bonds. The molecule has 12 heavy (non-hydrogen) atoms. The maximum atomic E-state index is 5.93. The van der Waals surface area contributed by atoms with E-state index < -0.39 is 10.2 Å². The molecule has 0 spiro atoms. The molecule has 0 N–H and O–H groups in total. The van der Waals surface area contributed by atoms with E-state index in [1.54, 1.807) is 0 Å². The van der Waals surface area contributed by atoms with Crippen molar-refractivity contribution in [3.63, 3.8) is 0 Å². The molecule has 0 heterocycles. The van der Waals surface area contributed by atoms with Crippen molar-refractivity contribution in [2.75, 3.05) is 0 Å². The normalized spacial score (nSPS) is 21.4. The second-order valence-electron chi connectivity index (χ2n) is 2.72. The molecule has 0 saturated carbocycles. The van der Waals surface area contributed by atoms with Gasteiger partial charge in [0.2, 0.25) is 0 Å². The van der Waals surface area contributed by atoms with Crippen LogP contribution in [0.4, 0.5) is 0 Å². The number of rotatable bonds is 1. The van der Waals surface area contributed by atoms with E-state index in [1.807, 2.05) is 6.92 Å². The van der Waals surface area contributed by atoms with Crippen LogP contribution in [0.15, 0.2) is 5.57 Å². The fourth-order valence-corrected chi connectivity index (χ4v) is 6.09. The van der Waals surface area contributed by atoms with E-state index >= 15 is 0 Å². The van der Waals surface area contributed by atoms with Crippen LogP contribution >= 0.6 is 37.7 Å². The van der Waals surface area contributed by atoms with Gasteiger partial charge in [-0.2, -0.15) is 0 Å². The Balaban J connectivity index is 3.13. The third-order valence-corrected chi connectivity index (χ3v) is 13.6. The molecule has 0 nitrogen and oxygen atoms in total. The van der Waals surface area contributed by atoms with Gasteiger partial charge >= 0.3 is 89.6 Å². The molecular formula is C7H9Cl4W-. The van der Waals surface area contributed by atoms with E-state index in [9.17, 15) is 0 Å². The van der Waals surface area contributed by atoms with Gasteiger partial charge in [-0.15, -0.1) is 0 Å². The zero-order valence-electron chi connectivity index (χ0n) is 6.54. The summed E-state index contributed by atoms with van der Waals surface area (Å²) in [6.07, 6.45) is 6.19. The molecule has 0 saturated heterocycles. The fourth-order valence-electron chi connectivity index (χ4n) is 1.08. The third-order valence-electron chi connectivity index (χ3n) is 1.83. The van der Waals surface area contributed by atoms with Crippen LogP contribution in [-0.2, 0) is 10.2 Å². The number of allylic oxidation sites excluding steroid dienone is 2. The second kappa shape index (κ2) is 3.55. The van der Waals surface area contributed by atoms with Crippen molar-refractivity contribution in [3.8, 4) is 0 Å². The van der Waals surface area contributed by atoms with Crippen molar-refractivity contribution in [1.29, 1.82) is 0 Å². The molecule has 72 valence electrons. The molecule has 0 bridgehead atoms. The molecule has 0 fully saturated rings. The van der Waals surface area contributed by atoms with Crippen molar-refractivity contribution in [2.24, 2.45) is 0 Å². The van der Waals surface area contributed by atoms with Crippen LogP contribution in [0.1, 0.15) is 26.2 Å². The summed E-state index contributed by atoms with van der Waals surface area (Å²) in [6.45, 7) is 1.82. The summed E-state index contributed by atoms with van der Waals surface area (Å²) < 4.78 is 0.777. The second-order valence-corrected chi connectivity index (χ2v) is 37.6. The van der Waals surface area contributed by atoms with Gasteiger partial charge in [-0.05, 0) is 0 Å². The molecule has 1 rings (SSSR count). The van der Waals surface area contributed by atoms with Gasteiger partial charge in [-0.1, -0.05) is 0 Å². The zero-order valence-corrected chi connectivity index (χ0v) is 12.5. The van der Waals surface area contributed by atoms with Gasteiger partial charge in [-0.3, -0.25) is 0 Å². The summed E-state index contributed by atoms with van der Waals surface area (Å²) in [4.78, 5) is 0. The molecular weight excluding hydrogens is 410 g/mol. The minimum atomic E-state index is -4.41. The Bertz CT molecular complexity index is 273. The first-order valence-electron chi connectivity index (χ1n) is 3.53. The molecule has 0 atom stereocenters. The predicted octanol–water partition coefficient (Wildman–Crippen LogP) is 4.40. The van der Waals surface area contributed by atoms with Gasteiger partial charge in [0.25, 0.3) is 0 Å². The van der Waals surface area contributed by atoms with Crippen LogP contribution in [0.2, 0.25) is 0 Å². The van der Waals surface area contributed by atoms with E-state index in [4.69, 9.17) is 37.7 Å². The Morgan fingerprint density at radius 1 is 1.33 bits per heavy atom. The molecule has 0 aromatic carbocycles. The van der Waals surface area contributed by atoms with Crippen LogP contribution in [-0.4, -0.2) is 3.90 Å². The van der Waals surface area contributed by atoms with Crippen LogP contribution < -0.4 is 0 Å². The standard InChI is InChI=1S/C7H9.4ClH.W/c1-2-7-5-3-4-6-7;;;;;/h3-5H2,1H3;4*1H;/q-1;;;;;+4/p-4. The van der Waals surface area contributed by atoms with Crippen molar-refractivity contribution in [3.05, 3.63) is 11.6 Å². The van der Waals surface area contributed by atoms with Gasteiger partial charge in [0, 0.05) is 0 Å².